The van der Waals surface area contributed by atoms with Crippen LogP contribution in [-0.2, 0) is 4.79 Å². The van der Waals surface area contributed by atoms with E-state index in [1.807, 2.05) is 0 Å². The molecule has 0 spiro atoms. The summed E-state index contributed by atoms with van der Waals surface area (Å²) in [6.07, 6.45) is 6.28. The second-order valence-electron chi connectivity index (χ2n) is 5.26. The molecule has 0 radical (unpaired) electrons. The van der Waals surface area contributed by atoms with E-state index in [0.29, 0.717) is 6.04 Å². The van der Waals surface area contributed by atoms with Crippen molar-refractivity contribution in [2.24, 2.45) is 5.92 Å². The number of carboxylic acid groups (broad SMARTS) is 1. The van der Waals surface area contributed by atoms with Gasteiger partial charge in [-0.15, -0.1) is 0 Å². The average molecular weight is 257 g/mol. The molecule has 0 amide bonds. The van der Waals surface area contributed by atoms with Gasteiger partial charge in [0.1, 0.15) is 6.04 Å². The quantitative estimate of drug-likeness (QED) is 0.843. The number of nitrogens with zero attached hydrogens (tertiary/aromatic N) is 1. The maximum Gasteiger partial charge on any atom is 0.321 e. The molecule has 1 aliphatic heterocycles. The van der Waals surface area contributed by atoms with Crippen molar-refractivity contribution in [3.8, 4) is 0 Å². The van der Waals surface area contributed by atoms with Crippen LogP contribution in [0.25, 0.3) is 0 Å². The topological polar surface area (TPSA) is 40.5 Å². The SMILES string of the molecule is CCC1CCCC(N2CCSCC2C(=O)O)C1. The summed E-state index contributed by atoms with van der Waals surface area (Å²) >= 11 is 1.78. The van der Waals surface area contributed by atoms with Crippen molar-refractivity contribution < 1.29 is 9.90 Å². The normalized spacial score (nSPS) is 35.7. The summed E-state index contributed by atoms with van der Waals surface area (Å²) in [5, 5.41) is 9.31. The summed E-state index contributed by atoms with van der Waals surface area (Å²) in [5.41, 5.74) is 0. The average Bonchev–Trinajstić information content (AvgIpc) is 2.39. The first-order chi connectivity index (χ1) is 8.22. The fraction of sp³-hybridized carbons (Fsp3) is 0.923. The van der Waals surface area contributed by atoms with E-state index in [0.717, 1.165) is 24.0 Å². The molecule has 0 aromatic rings. The Hall–Kier alpha value is -0.220. The lowest BCUT2D eigenvalue weighted by Crippen LogP contribution is -2.53. The lowest BCUT2D eigenvalue weighted by molar-refractivity contribution is -0.143. The first-order valence-electron chi connectivity index (χ1n) is 6.78. The predicted molar refractivity (Wildman–Crippen MR) is 71.5 cm³/mol. The molecule has 0 aromatic heterocycles. The zero-order valence-corrected chi connectivity index (χ0v) is 11.4. The Balaban J connectivity index is 2.00. The minimum atomic E-state index is -0.629. The molecular weight excluding hydrogens is 234 g/mol. The van der Waals surface area contributed by atoms with Crippen LogP contribution >= 0.6 is 11.8 Å². The molecule has 0 bridgehead atoms. The number of hydrogen-bond acceptors (Lipinski definition) is 3. The maximum absolute atomic E-state index is 11.3. The van der Waals surface area contributed by atoms with Gasteiger partial charge in [-0.05, 0) is 18.8 Å². The smallest absolute Gasteiger partial charge is 0.321 e. The first-order valence-corrected chi connectivity index (χ1v) is 7.94. The molecule has 3 atom stereocenters. The van der Waals surface area contributed by atoms with E-state index < -0.39 is 5.97 Å². The van der Waals surface area contributed by atoms with E-state index in [9.17, 15) is 9.90 Å². The highest BCUT2D eigenvalue weighted by atomic mass is 32.2. The van der Waals surface area contributed by atoms with Gasteiger partial charge in [0.15, 0.2) is 0 Å². The van der Waals surface area contributed by atoms with Gasteiger partial charge in [0, 0.05) is 24.1 Å². The highest BCUT2D eigenvalue weighted by molar-refractivity contribution is 7.99. The number of thioether (sulfide) groups is 1. The number of hydrogen-bond donors (Lipinski definition) is 1. The van der Waals surface area contributed by atoms with Gasteiger partial charge < -0.3 is 5.11 Å². The molecule has 2 aliphatic rings. The molecule has 1 N–H and O–H groups in total. The summed E-state index contributed by atoms with van der Waals surface area (Å²) in [5.74, 6) is 2.05. The molecule has 1 aliphatic carbocycles. The summed E-state index contributed by atoms with van der Waals surface area (Å²) < 4.78 is 0. The van der Waals surface area contributed by atoms with Crippen LogP contribution < -0.4 is 0 Å². The molecule has 0 aromatic carbocycles. The summed E-state index contributed by atoms with van der Waals surface area (Å²) in [4.78, 5) is 13.6. The Morgan fingerprint density at radius 1 is 1.47 bits per heavy atom. The largest absolute Gasteiger partial charge is 0.480 e. The third-order valence-electron chi connectivity index (χ3n) is 4.26. The fourth-order valence-corrected chi connectivity index (χ4v) is 4.27. The number of carbonyl (C=O) groups is 1. The fourth-order valence-electron chi connectivity index (χ4n) is 3.20. The lowest BCUT2D eigenvalue weighted by Gasteiger charge is -2.42. The van der Waals surface area contributed by atoms with Gasteiger partial charge in [0.05, 0.1) is 0 Å². The van der Waals surface area contributed by atoms with E-state index >= 15 is 0 Å². The van der Waals surface area contributed by atoms with Gasteiger partial charge in [-0.3, -0.25) is 9.69 Å². The van der Waals surface area contributed by atoms with Gasteiger partial charge in [-0.2, -0.15) is 11.8 Å². The molecule has 3 unspecified atom stereocenters. The molecule has 4 heteroatoms. The lowest BCUT2D eigenvalue weighted by atomic mass is 9.83. The minimum absolute atomic E-state index is 0.241. The van der Waals surface area contributed by atoms with E-state index in [-0.39, 0.29) is 6.04 Å². The van der Waals surface area contributed by atoms with Crippen LogP contribution in [0.3, 0.4) is 0 Å². The van der Waals surface area contributed by atoms with E-state index in [1.165, 1.54) is 32.1 Å². The molecular formula is C13H23NO2S. The molecule has 1 saturated carbocycles. The second-order valence-corrected chi connectivity index (χ2v) is 6.41. The van der Waals surface area contributed by atoms with Gasteiger partial charge in [0.2, 0.25) is 0 Å². The van der Waals surface area contributed by atoms with Gasteiger partial charge in [0.25, 0.3) is 0 Å². The Morgan fingerprint density at radius 3 is 3.00 bits per heavy atom. The van der Waals surface area contributed by atoms with Crippen LogP contribution in [0.15, 0.2) is 0 Å². The van der Waals surface area contributed by atoms with Crippen molar-refractivity contribution in [1.82, 2.24) is 4.90 Å². The molecule has 2 rings (SSSR count). The third-order valence-corrected chi connectivity index (χ3v) is 5.28. The number of aliphatic carboxylic acids is 1. The third kappa shape index (κ3) is 3.16. The summed E-state index contributed by atoms with van der Waals surface area (Å²) in [7, 11) is 0. The van der Waals surface area contributed by atoms with Crippen LogP contribution in [0.5, 0.6) is 0 Å². The zero-order chi connectivity index (χ0) is 12.3. The van der Waals surface area contributed by atoms with E-state index in [2.05, 4.69) is 11.8 Å². The summed E-state index contributed by atoms with van der Waals surface area (Å²) in [6.45, 7) is 3.22. The zero-order valence-electron chi connectivity index (χ0n) is 10.6. The van der Waals surface area contributed by atoms with E-state index in [1.54, 1.807) is 11.8 Å². The number of rotatable bonds is 3. The Labute approximate surface area is 108 Å². The van der Waals surface area contributed by atoms with Crippen LogP contribution in [0.2, 0.25) is 0 Å². The Morgan fingerprint density at radius 2 is 2.29 bits per heavy atom. The highest BCUT2D eigenvalue weighted by Crippen LogP contribution is 2.32. The van der Waals surface area contributed by atoms with Crippen LogP contribution in [-0.4, -0.2) is 46.1 Å². The molecule has 3 nitrogen and oxygen atoms in total. The molecule has 1 heterocycles. The maximum atomic E-state index is 11.3. The number of carboxylic acids is 1. The standard InChI is InChI=1S/C13H23NO2S/c1-2-10-4-3-5-11(8-10)14-6-7-17-9-12(14)13(15)16/h10-12H,2-9H2,1H3,(H,15,16). The summed E-state index contributed by atoms with van der Waals surface area (Å²) in [6, 6.07) is 0.282. The van der Waals surface area contributed by atoms with Gasteiger partial charge in [-0.1, -0.05) is 26.2 Å². The van der Waals surface area contributed by atoms with Crippen molar-refractivity contribution in [1.29, 1.82) is 0 Å². The first kappa shape index (κ1) is 13.2. The molecule has 1 saturated heterocycles. The molecule has 2 fully saturated rings. The van der Waals surface area contributed by atoms with Gasteiger partial charge >= 0.3 is 5.97 Å². The monoisotopic (exact) mass is 257 g/mol. The highest BCUT2D eigenvalue weighted by Gasteiger charge is 2.35. The van der Waals surface area contributed by atoms with Crippen LogP contribution in [0, 0.1) is 5.92 Å². The van der Waals surface area contributed by atoms with E-state index in [4.69, 9.17) is 0 Å². The minimum Gasteiger partial charge on any atom is -0.480 e. The van der Waals surface area contributed by atoms with Gasteiger partial charge in [-0.25, -0.2) is 0 Å². The molecule has 98 valence electrons. The van der Waals surface area contributed by atoms with Crippen molar-refractivity contribution in [3.63, 3.8) is 0 Å². The van der Waals surface area contributed by atoms with Crippen molar-refractivity contribution >= 4 is 17.7 Å². The predicted octanol–water partition coefficient (Wildman–Crippen LogP) is 2.46. The van der Waals surface area contributed by atoms with Crippen LogP contribution in [0.4, 0.5) is 0 Å². The van der Waals surface area contributed by atoms with Crippen LogP contribution in [0.1, 0.15) is 39.0 Å². The van der Waals surface area contributed by atoms with Crippen molar-refractivity contribution in [2.75, 3.05) is 18.1 Å². The van der Waals surface area contributed by atoms with Crippen molar-refractivity contribution in [2.45, 2.75) is 51.1 Å². The second kappa shape index (κ2) is 6.10. The Bertz CT molecular complexity index is 272. The molecule has 17 heavy (non-hydrogen) atoms. The Kier molecular flexibility index (Phi) is 4.74. The van der Waals surface area contributed by atoms with Crippen molar-refractivity contribution in [3.05, 3.63) is 0 Å².